The van der Waals surface area contributed by atoms with Gasteiger partial charge >= 0.3 is 12.4 Å². The highest BCUT2D eigenvalue weighted by Gasteiger charge is 2.38. The first-order valence-electron chi connectivity index (χ1n) is 11.8. The van der Waals surface area contributed by atoms with Crippen molar-refractivity contribution < 1.29 is 40.6 Å². The molecule has 0 spiro atoms. The number of amides is 1. The molecule has 1 amide bonds. The van der Waals surface area contributed by atoms with E-state index in [9.17, 15) is 31.1 Å². The highest BCUT2D eigenvalue weighted by Crippen LogP contribution is 2.39. The number of carbonyl (C=O) groups is 1. The molecule has 2 aromatic rings. The molecule has 39 heavy (non-hydrogen) atoms. The van der Waals surface area contributed by atoms with Crippen molar-refractivity contribution in [3.8, 4) is 11.5 Å². The molecule has 1 saturated heterocycles. The van der Waals surface area contributed by atoms with Crippen molar-refractivity contribution >= 4 is 34.6 Å². The van der Waals surface area contributed by atoms with Crippen LogP contribution in [0, 0.1) is 0 Å². The number of thioether (sulfide) groups is 2. The van der Waals surface area contributed by atoms with Crippen molar-refractivity contribution in [1.29, 1.82) is 0 Å². The van der Waals surface area contributed by atoms with Gasteiger partial charge in [-0.3, -0.25) is 4.79 Å². The largest absolute Gasteiger partial charge is 0.493 e. The third kappa shape index (κ3) is 7.05. The average molecular weight is 591 g/mol. The Morgan fingerprint density at radius 1 is 1.00 bits per heavy atom. The molecule has 0 radical (unpaired) electrons. The van der Waals surface area contributed by atoms with E-state index in [4.69, 9.17) is 9.47 Å². The lowest BCUT2D eigenvalue weighted by atomic mass is 10.0. The Morgan fingerprint density at radius 2 is 1.72 bits per heavy atom. The minimum absolute atomic E-state index is 0.0804. The molecular weight excluding hydrogens is 566 g/mol. The number of ether oxygens (including phenoxy) is 2. The van der Waals surface area contributed by atoms with Crippen molar-refractivity contribution in [3.05, 3.63) is 69.1 Å². The number of allylic oxidation sites excluding steroid dienone is 1. The van der Waals surface area contributed by atoms with Crippen LogP contribution in [0.3, 0.4) is 0 Å². The van der Waals surface area contributed by atoms with E-state index in [1.807, 2.05) is 18.7 Å². The molecule has 0 N–H and O–H groups in total. The molecule has 0 bridgehead atoms. The van der Waals surface area contributed by atoms with Crippen LogP contribution in [0.4, 0.5) is 26.3 Å². The van der Waals surface area contributed by atoms with E-state index in [-0.39, 0.29) is 23.5 Å². The van der Waals surface area contributed by atoms with Gasteiger partial charge in [0, 0.05) is 30.2 Å². The number of methoxy groups -OCH3 is 1. The van der Waals surface area contributed by atoms with E-state index < -0.39 is 35.6 Å². The third-order valence-electron chi connectivity index (χ3n) is 6.08. The number of rotatable bonds is 6. The molecule has 2 aliphatic rings. The maximum absolute atomic E-state index is 13.5. The van der Waals surface area contributed by atoms with Gasteiger partial charge in [-0.15, -0.1) is 0 Å². The van der Waals surface area contributed by atoms with Crippen molar-refractivity contribution in [2.24, 2.45) is 4.99 Å². The van der Waals surface area contributed by atoms with Gasteiger partial charge in [0.2, 0.25) is 0 Å². The first kappa shape index (κ1) is 29.2. The Morgan fingerprint density at radius 3 is 2.36 bits per heavy atom. The fraction of sp³-hybridized carbons (Fsp3) is 0.385. The quantitative estimate of drug-likeness (QED) is 0.272. The molecular formula is C26H24F6N2O3S2. The summed E-state index contributed by atoms with van der Waals surface area (Å²) in [6.45, 7) is 2.90. The monoisotopic (exact) mass is 590 g/mol. The average Bonchev–Trinajstić information content (AvgIpc) is 3.29. The Hall–Kier alpha value is -2.80. The number of aliphatic imine (C=N–C) groups is 1. The summed E-state index contributed by atoms with van der Waals surface area (Å²) >= 11 is 3.22. The minimum atomic E-state index is -4.99. The summed E-state index contributed by atoms with van der Waals surface area (Å²) in [5.74, 6) is 2.04. The van der Waals surface area contributed by atoms with Crippen LogP contribution in [0.2, 0.25) is 0 Å². The fourth-order valence-electron chi connectivity index (χ4n) is 4.08. The summed E-state index contributed by atoms with van der Waals surface area (Å²) in [6, 6.07) is 6.28. The van der Waals surface area contributed by atoms with Crippen LogP contribution in [0.1, 0.15) is 29.2 Å². The summed E-state index contributed by atoms with van der Waals surface area (Å²) in [5, 5.41) is 0.706. The van der Waals surface area contributed by atoms with Crippen molar-refractivity contribution in [1.82, 2.24) is 4.90 Å². The van der Waals surface area contributed by atoms with E-state index in [0.29, 0.717) is 22.6 Å². The Kier molecular flexibility index (Phi) is 8.79. The number of carbonyl (C=O) groups excluding carboxylic acids is 1. The SMILES string of the molecule is COc1cc(C/C(C)=C2/SC(N3CCSCC3)=NC2=O)ccc1OCc1ccc(C(F)(F)F)cc1C(F)(F)F. The number of amidine groups is 1. The van der Waals surface area contributed by atoms with Crippen LogP contribution in [-0.4, -0.2) is 47.7 Å². The zero-order valence-electron chi connectivity index (χ0n) is 20.9. The van der Waals surface area contributed by atoms with Crippen LogP contribution in [0.15, 0.2) is 51.9 Å². The smallest absolute Gasteiger partial charge is 0.416 e. The second kappa shape index (κ2) is 11.7. The predicted octanol–water partition coefficient (Wildman–Crippen LogP) is 6.81. The zero-order chi connectivity index (χ0) is 28.4. The van der Waals surface area contributed by atoms with Crippen LogP contribution in [-0.2, 0) is 30.2 Å². The number of benzene rings is 2. The summed E-state index contributed by atoms with van der Waals surface area (Å²) in [4.78, 5) is 19.4. The maximum atomic E-state index is 13.5. The molecule has 210 valence electrons. The molecule has 4 rings (SSSR count). The van der Waals surface area contributed by atoms with Crippen molar-refractivity contribution in [2.45, 2.75) is 32.3 Å². The molecule has 2 aliphatic heterocycles. The first-order chi connectivity index (χ1) is 18.4. The molecule has 0 unspecified atom stereocenters. The van der Waals surface area contributed by atoms with E-state index in [1.165, 1.54) is 24.9 Å². The van der Waals surface area contributed by atoms with E-state index in [2.05, 4.69) is 9.89 Å². The number of hydrogen-bond donors (Lipinski definition) is 0. The number of alkyl halides is 6. The summed E-state index contributed by atoms with van der Waals surface area (Å²) < 4.78 is 90.1. The molecule has 0 aliphatic carbocycles. The first-order valence-corrected chi connectivity index (χ1v) is 13.7. The minimum Gasteiger partial charge on any atom is -0.493 e. The van der Waals surface area contributed by atoms with Crippen LogP contribution in [0.5, 0.6) is 11.5 Å². The van der Waals surface area contributed by atoms with E-state index in [0.717, 1.165) is 41.8 Å². The second-order valence-electron chi connectivity index (χ2n) is 8.83. The highest BCUT2D eigenvalue weighted by atomic mass is 32.2. The van der Waals surface area contributed by atoms with Crippen molar-refractivity contribution in [3.63, 3.8) is 0 Å². The summed E-state index contributed by atoms with van der Waals surface area (Å²) in [7, 11) is 1.37. The Balaban J connectivity index is 1.48. The summed E-state index contributed by atoms with van der Waals surface area (Å²) in [6.07, 6.45) is -9.50. The molecule has 5 nitrogen and oxygen atoms in total. The summed E-state index contributed by atoms with van der Waals surface area (Å²) in [5.41, 5.74) is -1.67. The van der Waals surface area contributed by atoms with Gasteiger partial charge in [0.1, 0.15) is 6.61 Å². The van der Waals surface area contributed by atoms with Gasteiger partial charge in [-0.25, -0.2) is 0 Å². The van der Waals surface area contributed by atoms with Crippen LogP contribution in [0.25, 0.3) is 0 Å². The maximum Gasteiger partial charge on any atom is 0.416 e. The van der Waals surface area contributed by atoms with Gasteiger partial charge in [0.15, 0.2) is 16.7 Å². The predicted molar refractivity (Wildman–Crippen MR) is 139 cm³/mol. The fourth-order valence-corrected chi connectivity index (χ4v) is 5.99. The normalized spacial score (nSPS) is 17.8. The van der Waals surface area contributed by atoms with Gasteiger partial charge < -0.3 is 14.4 Å². The third-order valence-corrected chi connectivity index (χ3v) is 8.28. The van der Waals surface area contributed by atoms with Crippen LogP contribution >= 0.6 is 23.5 Å². The van der Waals surface area contributed by atoms with Gasteiger partial charge in [0.05, 0.1) is 23.1 Å². The number of halogens is 6. The zero-order valence-corrected chi connectivity index (χ0v) is 22.5. The second-order valence-corrected chi connectivity index (χ2v) is 11.0. The molecule has 0 atom stereocenters. The Bertz CT molecular complexity index is 1300. The standard InChI is InChI=1S/C26H24F6N2O3S2/c1-15(22-23(35)33-24(39-22)34-7-9-38-10-8-34)11-16-3-6-20(21(12-16)36-2)37-14-17-4-5-18(25(27,28)29)13-19(17)26(30,31)32/h3-6,12-13H,7-11,14H2,1-2H3/b22-15+. The molecule has 1 fully saturated rings. The molecule has 13 heteroatoms. The molecule has 2 aromatic carbocycles. The van der Waals surface area contributed by atoms with Gasteiger partial charge in [-0.2, -0.15) is 43.1 Å². The lowest BCUT2D eigenvalue weighted by Crippen LogP contribution is -2.35. The molecule has 0 aromatic heterocycles. The number of nitrogens with zero attached hydrogens (tertiary/aromatic N) is 2. The Labute approximate surface area is 229 Å². The van der Waals surface area contributed by atoms with E-state index >= 15 is 0 Å². The van der Waals surface area contributed by atoms with Gasteiger partial charge in [0.25, 0.3) is 5.91 Å². The molecule has 0 saturated carbocycles. The van der Waals surface area contributed by atoms with Gasteiger partial charge in [-0.05, 0) is 60.5 Å². The molecule has 2 heterocycles. The lowest BCUT2D eigenvalue weighted by molar-refractivity contribution is -0.143. The van der Waals surface area contributed by atoms with E-state index in [1.54, 1.807) is 12.1 Å². The van der Waals surface area contributed by atoms with Crippen molar-refractivity contribution in [2.75, 3.05) is 31.7 Å². The highest BCUT2D eigenvalue weighted by molar-refractivity contribution is 8.18. The van der Waals surface area contributed by atoms with Crippen LogP contribution < -0.4 is 9.47 Å². The lowest BCUT2D eigenvalue weighted by Gasteiger charge is -2.27. The number of hydrogen-bond acceptors (Lipinski definition) is 6. The topological polar surface area (TPSA) is 51.1 Å². The van der Waals surface area contributed by atoms with Gasteiger partial charge in [-0.1, -0.05) is 12.1 Å².